The van der Waals surface area contributed by atoms with Crippen molar-refractivity contribution in [1.29, 1.82) is 0 Å². The number of hydrogen-bond acceptors (Lipinski definition) is 0. The van der Waals surface area contributed by atoms with Crippen molar-refractivity contribution in [3.05, 3.63) is 13.8 Å². The van der Waals surface area contributed by atoms with Gasteiger partial charge in [0.2, 0.25) is 0 Å². The molecule has 0 heterocycles. The smallest absolute Gasteiger partial charge is 0.343 e. The Balaban J connectivity index is -0.0000000733. The van der Waals surface area contributed by atoms with E-state index in [1.807, 2.05) is 0 Å². The zero-order valence-corrected chi connectivity index (χ0v) is 13.6. The van der Waals surface area contributed by atoms with E-state index < -0.39 is 0 Å². The van der Waals surface area contributed by atoms with Crippen LogP contribution in [0.15, 0.2) is 0 Å². The molecule has 0 aliphatic rings. The van der Waals surface area contributed by atoms with Crippen LogP contribution in [0.25, 0.3) is 0 Å². The molecule has 1 atom stereocenters. The molecule has 0 radical (unpaired) electrons. The van der Waals surface area contributed by atoms with Gasteiger partial charge in [-0.3, -0.25) is 0 Å². The first-order valence-corrected chi connectivity index (χ1v) is 5.41. The van der Waals surface area contributed by atoms with Crippen LogP contribution in [0, 0.1) is 13.8 Å². The minimum atomic E-state index is 0. The van der Waals surface area contributed by atoms with Crippen molar-refractivity contribution in [2.24, 2.45) is 0 Å². The Hall–Kier alpha value is 1.12. The monoisotopic (exact) mass is 302 g/mol. The van der Waals surface area contributed by atoms with Gasteiger partial charge in [0.15, 0.2) is 0 Å². The van der Waals surface area contributed by atoms with Crippen molar-refractivity contribution in [2.75, 3.05) is 0 Å². The molecule has 0 aromatic rings. The topological polar surface area (TPSA) is 0 Å². The summed E-state index contributed by atoms with van der Waals surface area (Å²) in [6, 6.07) is 0. The summed E-state index contributed by atoms with van der Waals surface area (Å²) in [5.74, 6) is 0. The van der Waals surface area contributed by atoms with E-state index in [2.05, 4.69) is 27.7 Å². The summed E-state index contributed by atoms with van der Waals surface area (Å²) in [5, 5.41) is 0. The van der Waals surface area contributed by atoms with E-state index in [1.54, 1.807) is 0 Å². The van der Waals surface area contributed by atoms with Gasteiger partial charge >= 0.3 is 21.1 Å². The van der Waals surface area contributed by atoms with Gasteiger partial charge < -0.3 is 13.8 Å². The molecule has 0 saturated heterocycles. The Labute approximate surface area is 110 Å². The molecule has 0 aromatic heterocycles. The number of unbranched alkanes of at least 4 members (excludes halogenated alkanes) is 6. The molecule has 0 aliphatic carbocycles. The van der Waals surface area contributed by atoms with Crippen LogP contribution in [0.5, 0.6) is 0 Å². The molecule has 0 saturated carbocycles. The van der Waals surface area contributed by atoms with Crippen molar-refractivity contribution in [1.82, 2.24) is 0 Å². The molecule has 0 aliphatic heterocycles. The molecule has 14 heavy (non-hydrogen) atoms. The van der Waals surface area contributed by atoms with E-state index >= 15 is 0 Å². The molecule has 0 spiro atoms. The van der Waals surface area contributed by atoms with Crippen molar-refractivity contribution in [3.63, 3.8) is 0 Å². The quantitative estimate of drug-likeness (QED) is 0.284. The van der Waals surface area contributed by atoms with Crippen LogP contribution in [0.4, 0.5) is 0 Å². The van der Waals surface area contributed by atoms with E-state index in [-0.39, 0.29) is 31.0 Å². The first-order valence-electron chi connectivity index (χ1n) is 5.41. The molecule has 0 amide bonds. The largest absolute Gasteiger partial charge is 2.00 e. The second-order valence-corrected chi connectivity index (χ2v) is 3.12. The molecule has 0 nitrogen and oxygen atoms in total. The average molecular weight is 300 g/mol. The zero-order valence-electron chi connectivity index (χ0n) is 10.2. The maximum Gasteiger partial charge on any atom is 2.00 e. The van der Waals surface area contributed by atoms with Crippen LogP contribution in [-0.2, 0) is 21.1 Å². The SMILES string of the molecule is P.[CH2-]CCC.[CH2-]CCCCCCC.[Mo+2]. The van der Waals surface area contributed by atoms with E-state index in [0.29, 0.717) is 0 Å². The van der Waals surface area contributed by atoms with E-state index in [1.165, 1.54) is 38.5 Å². The molecule has 0 rings (SSSR count). The molecule has 88 valence electrons. The minimum absolute atomic E-state index is 0. The molecule has 0 bridgehead atoms. The molecular formula is C12H29MoP. The fourth-order valence-corrected chi connectivity index (χ4v) is 0.780. The Morgan fingerprint density at radius 3 is 1.43 bits per heavy atom. The summed E-state index contributed by atoms with van der Waals surface area (Å²) in [7, 11) is 0. The van der Waals surface area contributed by atoms with Gasteiger partial charge in [0.25, 0.3) is 0 Å². The van der Waals surface area contributed by atoms with Gasteiger partial charge in [-0.05, 0) is 0 Å². The van der Waals surface area contributed by atoms with E-state index in [4.69, 9.17) is 0 Å². The summed E-state index contributed by atoms with van der Waals surface area (Å²) < 4.78 is 0. The van der Waals surface area contributed by atoms with Gasteiger partial charge in [-0.2, -0.15) is 22.7 Å². The Morgan fingerprint density at radius 1 is 0.714 bits per heavy atom. The van der Waals surface area contributed by atoms with Crippen LogP contribution in [0.2, 0.25) is 0 Å². The minimum Gasteiger partial charge on any atom is -0.343 e. The second kappa shape index (κ2) is 29.2. The predicted molar refractivity (Wildman–Crippen MR) is 70.1 cm³/mol. The summed E-state index contributed by atoms with van der Waals surface area (Å²) in [4.78, 5) is 0. The third kappa shape index (κ3) is 38.0. The van der Waals surface area contributed by atoms with Crippen molar-refractivity contribution in [3.8, 4) is 0 Å². The normalized spacial score (nSPS) is 7.71. The van der Waals surface area contributed by atoms with Gasteiger partial charge in [-0.15, -0.1) is 0 Å². The van der Waals surface area contributed by atoms with Crippen LogP contribution in [-0.4, -0.2) is 0 Å². The van der Waals surface area contributed by atoms with Crippen molar-refractivity contribution < 1.29 is 21.1 Å². The Bertz CT molecular complexity index is 50.3. The summed E-state index contributed by atoms with van der Waals surface area (Å²) in [6.45, 7) is 11.7. The van der Waals surface area contributed by atoms with Crippen molar-refractivity contribution in [2.45, 2.75) is 65.2 Å². The summed E-state index contributed by atoms with van der Waals surface area (Å²) >= 11 is 0. The third-order valence-corrected chi connectivity index (χ3v) is 1.71. The summed E-state index contributed by atoms with van der Waals surface area (Å²) in [5.41, 5.74) is 0. The van der Waals surface area contributed by atoms with Gasteiger partial charge in [-0.1, -0.05) is 52.4 Å². The van der Waals surface area contributed by atoms with Crippen molar-refractivity contribution >= 4 is 9.90 Å². The van der Waals surface area contributed by atoms with Gasteiger partial charge in [-0.25, -0.2) is 0 Å². The maximum absolute atomic E-state index is 3.78. The molecule has 0 fully saturated rings. The fourth-order valence-electron chi connectivity index (χ4n) is 0.780. The number of hydrogen-bond donors (Lipinski definition) is 0. The number of rotatable bonds is 6. The zero-order chi connectivity index (χ0) is 9.66. The summed E-state index contributed by atoms with van der Waals surface area (Å²) in [6.07, 6.45) is 10.3. The molecule has 0 N–H and O–H groups in total. The van der Waals surface area contributed by atoms with Crippen LogP contribution in [0.1, 0.15) is 65.2 Å². The maximum atomic E-state index is 3.78. The van der Waals surface area contributed by atoms with Crippen LogP contribution >= 0.6 is 9.90 Å². The van der Waals surface area contributed by atoms with E-state index in [0.717, 1.165) is 12.8 Å². The second-order valence-electron chi connectivity index (χ2n) is 3.12. The standard InChI is InChI=1S/C8H17.C4H9.Mo.H3P/c1-3-5-7-8-6-4-2;1-3-4-2;;/h1,3-8H2,2H3;1,3-4H2,2H3;;1H3/q2*-1;+2;. The van der Waals surface area contributed by atoms with Gasteiger partial charge in [0.1, 0.15) is 0 Å². The fraction of sp³-hybridized carbons (Fsp3) is 0.833. The van der Waals surface area contributed by atoms with Gasteiger partial charge in [0.05, 0.1) is 0 Å². The first kappa shape index (κ1) is 24.4. The van der Waals surface area contributed by atoms with Gasteiger partial charge in [0, 0.05) is 0 Å². The molecule has 0 aromatic carbocycles. The van der Waals surface area contributed by atoms with E-state index in [9.17, 15) is 0 Å². The average Bonchev–Trinajstić information content (AvgIpc) is 2.13. The molecule has 2 heteroatoms. The predicted octanol–water partition coefficient (Wildman–Crippen LogP) is 4.86. The van der Waals surface area contributed by atoms with Crippen LogP contribution in [0.3, 0.4) is 0 Å². The Kier molecular flexibility index (Phi) is 50.9. The first-order chi connectivity index (χ1) is 5.83. The molecule has 1 unspecified atom stereocenters. The molecular weight excluding hydrogens is 271 g/mol. The van der Waals surface area contributed by atoms with Crippen LogP contribution < -0.4 is 0 Å². The third-order valence-electron chi connectivity index (χ3n) is 1.71. The Morgan fingerprint density at radius 2 is 1.14 bits per heavy atom.